The number of hydrogen-bond donors (Lipinski definition) is 3. The van der Waals surface area contributed by atoms with Gasteiger partial charge in [-0.25, -0.2) is 0 Å². The van der Waals surface area contributed by atoms with Crippen molar-refractivity contribution in [1.29, 1.82) is 0 Å². The van der Waals surface area contributed by atoms with Crippen LogP contribution in [0.5, 0.6) is 0 Å². The minimum atomic E-state index is -0.136. The van der Waals surface area contributed by atoms with Gasteiger partial charge in [-0.15, -0.1) is 0 Å². The van der Waals surface area contributed by atoms with Crippen molar-refractivity contribution in [3.05, 3.63) is 217 Å². The van der Waals surface area contributed by atoms with Gasteiger partial charge in [0.15, 0.2) is 0 Å². The second-order valence-corrected chi connectivity index (χ2v) is 12.5. The van der Waals surface area contributed by atoms with Crippen LogP contribution < -0.4 is 0 Å². The van der Waals surface area contributed by atoms with E-state index < -0.39 is 0 Å². The van der Waals surface area contributed by atoms with Crippen LogP contribution in [-0.4, -0.2) is 15.3 Å². The lowest BCUT2D eigenvalue weighted by Crippen LogP contribution is -1.80. The van der Waals surface area contributed by atoms with Crippen molar-refractivity contribution in [3.8, 4) is 0 Å². The Morgan fingerprint density at radius 2 is 0.407 bits per heavy atom. The topological polar surface area (TPSA) is 60.7 Å². The van der Waals surface area contributed by atoms with E-state index in [1.807, 2.05) is 127 Å². The van der Waals surface area contributed by atoms with Crippen LogP contribution in [-0.2, 0) is 19.8 Å². The molecule has 7 aromatic rings. The Hall–Kier alpha value is -7.44. The summed E-state index contributed by atoms with van der Waals surface area (Å²) in [6, 6.07) is 78.7. The molecule has 3 N–H and O–H groups in total. The molecule has 0 saturated heterocycles. The van der Waals surface area contributed by atoms with Crippen LogP contribution in [0.15, 0.2) is 127 Å². The lowest BCUT2D eigenvalue weighted by molar-refractivity contribution is 0.282. The average molecular weight is 691 g/mol. The van der Waals surface area contributed by atoms with E-state index in [0.29, 0.717) is 16.7 Å². The molecule has 0 aliphatic rings. The third-order valence-corrected chi connectivity index (χ3v) is 8.22. The second-order valence-electron chi connectivity index (χ2n) is 12.5. The zero-order chi connectivity index (χ0) is 37.1. The molecule has 252 valence electrons. The van der Waals surface area contributed by atoms with E-state index in [0.717, 1.165) is 64.6 Å². The van der Waals surface area contributed by atoms with Crippen LogP contribution in [0.4, 0.5) is 0 Å². The number of rotatable bonds is 3. The van der Waals surface area contributed by atoms with E-state index in [1.165, 1.54) is 0 Å². The lowest BCUT2D eigenvalue weighted by Gasteiger charge is -1.94. The summed E-state index contributed by atoms with van der Waals surface area (Å²) in [4.78, 5) is 0. The highest BCUT2D eigenvalue weighted by atomic mass is 16.3. The maximum Gasteiger partial charge on any atom is 0.0682 e. The summed E-state index contributed by atoms with van der Waals surface area (Å²) in [5, 5.41) is 39.1. The number of aliphatic hydroxyl groups is 3. The first kappa shape index (κ1) is 35.0. The number of fused-ring (bicyclic) bond motifs is 12. The highest BCUT2D eigenvalue weighted by molar-refractivity contribution is 5.72. The summed E-state index contributed by atoms with van der Waals surface area (Å²) < 4.78 is 0. The lowest BCUT2D eigenvalue weighted by atomic mass is 10.1. The van der Waals surface area contributed by atoms with Gasteiger partial charge in [-0.3, -0.25) is 0 Å². The SMILES string of the molecule is OCc1cc2c#cc3cccc(c#cc4cc(CO)cc(c#cc5cccc(c#cc6cc(CO)cc(c#cc7cccc(c#cc(c1)c2)c7)c6)c5)c4)c3. The fourth-order valence-corrected chi connectivity index (χ4v) is 5.67. The van der Waals surface area contributed by atoms with Gasteiger partial charge in [-0.05, 0) is 126 Å². The van der Waals surface area contributed by atoms with Crippen LogP contribution in [0.2, 0.25) is 0 Å². The smallest absolute Gasteiger partial charge is 0.0682 e. The van der Waals surface area contributed by atoms with Crippen LogP contribution in [0.3, 0.4) is 0 Å². The van der Waals surface area contributed by atoms with Crippen LogP contribution >= 0.6 is 0 Å². The van der Waals surface area contributed by atoms with Crippen LogP contribution in [0.1, 0.15) is 16.7 Å². The molecule has 12 bridgehead atoms. The van der Waals surface area contributed by atoms with Gasteiger partial charge in [0.2, 0.25) is 0 Å². The second kappa shape index (κ2) is 16.7. The maximum atomic E-state index is 9.97. The van der Waals surface area contributed by atoms with E-state index in [1.54, 1.807) is 0 Å². The van der Waals surface area contributed by atoms with E-state index in [9.17, 15) is 15.3 Å². The molecular formula is C51H30O3. The molecule has 0 saturated carbocycles. The van der Waals surface area contributed by atoms with Gasteiger partial charge in [0.1, 0.15) is 0 Å². The largest absolute Gasteiger partial charge is 0.392 e. The van der Waals surface area contributed by atoms with Gasteiger partial charge >= 0.3 is 0 Å². The predicted octanol–water partition coefficient (Wildman–Crippen LogP) is 9.74. The number of aliphatic hydroxyl groups excluding tert-OH is 3. The highest BCUT2D eigenvalue weighted by Gasteiger charge is 1.95. The molecule has 0 amide bonds. The first-order valence-corrected chi connectivity index (χ1v) is 17.2. The van der Waals surface area contributed by atoms with Crippen molar-refractivity contribution in [3.63, 3.8) is 0 Å². The van der Waals surface area contributed by atoms with E-state index in [-0.39, 0.29) is 19.8 Å². The average Bonchev–Trinajstić information content (AvgIpc) is 3.22. The molecule has 7 rings (SSSR count). The molecule has 3 nitrogen and oxygen atoms in total. The van der Waals surface area contributed by atoms with Crippen molar-refractivity contribution in [1.82, 2.24) is 0 Å². The zero-order valence-electron chi connectivity index (χ0n) is 29.1. The normalized spacial score (nSPS) is 9.83. The summed E-state index contributed by atoms with van der Waals surface area (Å²) in [7, 11) is 0. The molecule has 0 aromatic heterocycles. The first-order chi connectivity index (χ1) is 26.5. The summed E-state index contributed by atoms with van der Waals surface area (Å²) >= 11 is 0. The summed E-state index contributed by atoms with van der Waals surface area (Å²) in [5.41, 5.74) is 2.15. The fourth-order valence-electron chi connectivity index (χ4n) is 5.67. The Bertz CT molecular complexity index is 2330. The molecule has 0 aliphatic carbocycles. The van der Waals surface area contributed by atoms with E-state index >= 15 is 0 Å². The minimum Gasteiger partial charge on any atom is -0.392 e. The first-order valence-electron chi connectivity index (χ1n) is 17.2. The van der Waals surface area contributed by atoms with Crippen molar-refractivity contribution in [2.75, 3.05) is 0 Å². The van der Waals surface area contributed by atoms with Crippen molar-refractivity contribution >= 4 is 64.6 Å². The summed E-state index contributed by atoms with van der Waals surface area (Å²) in [6.07, 6.45) is 0. The maximum absolute atomic E-state index is 9.97. The Kier molecular flexibility index (Phi) is 10.8. The highest BCUT2D eigenvalue weighted by Crippen LogP contribution is 2.13. The Morgan fingerprint density at radius 3 is 0.593 bits per heavy atom. The third kappa shape index (κ3) is 9.46. The molecule has 0 fully saturated rings. The van der Waals surface area contributed by atoms with Crippen LogP contribution in [0.25, 0.3) is 64.6 Å². The summed E-state index contributed by atoms with van der Waals surface area (Å²) in [5.74, 6) is 0. The van der Waals surface area contributed by atoms with Gasteiger partial charge < -0.3 is 15.3 Å². The molecule has 0 heterocycles. The van der Waals surface area contributed by atoms with Gasteiger partial charge in [0.25, 0.3) is 0 Å². The van der Waals surface area contributed by atoms with Crippen molar-refractivity contribution in [2.45, 2.75) is 19.8 Å². The van der Waals surface area contributed by atoms with E-state index in [2.05, 4.69) is 72.8 Å². The minimum absolute atomic E-state index is 0.136. The van der Waals surface area contributed by atoms with E-state index in [4.69, 9.17) is 0 Å². The molecule has 0 radical (unpaired) electrons. The van der Waals surface area contributed by atoms with Gasteiger partial charge in [0, 0.05) is 64.6 Å². The number of hydrogen-bond acceptors (Lipinski definition) is 3. The molecule has 0 atom stereocenters. The van der Waals surface area contributed by atoms with Gasteiger partial charge in [-0.2, -0.15) is 0 Å². The Morgan fingerprint density at radius 1 is 0.241 bits per heavy atom. The molecule has 7 aromatic carbocycles. The van der Waals surface area contributed by atoms with Gasteiger partial charge in [0.05, 0.1) is 19.8 Å². The zero-order valence-corrected chi connectivity index (χ0v) is 29.1. The van der Waals surface area contributed by atoms with Crippen LogP contribution in [0, 0.1) is 72.8 Å². The van der Waals surface area contributed by atoms with Gasteiger partial charge in [-0.1, -0.05) is 91.0 Å². The molecule has 54 heavy (non-hydrogen) atoms. The monoisotopic (exact) mass is 690 g/mol. The number of benzene rings is 6. The standard InChI is InChI=1S/C51H30O3/c52-34-49-28-43-16-10-37-4-1-5-38(22-37)11-17-44-26-46(31-50(29-44)35-53)19-13-40-7-3-9-42(24-40)15-21-48-27-47(32-51(33-48)36-54)20-14-41-8-2-6-39(23-41)12-18-45(25-43)30-49/h1-9,22-33,52-54H,34-36H2. The Balaban J connectivity index is 1.45. The quantitative estimate of drug-likeness (QED) is 0.173. The van der Waals surface area contributed by atoms with Crippen molar-refractivity contribution in [2.24, 2.45) is 0 Å². The Labute approximate surface area is 315 Å². The summed E-state index contributed by atoms with van der Waals surface area (Å²) in [6.45, 7) is -0.409. The molecule has 0 aliphatic heterocycles. The predicted molar refractivity (Wildman–Crippen MR) is 215 cm³/mol. The molecule has 0 spiro atoms. The fraction of sp³-hybridized carbons (Fsp3) is 0.0588. The molecule has 3 heteroatoms. The molecule has 0 unspecified atom stereocenters. The van der Waals surface area contributed by atoms with Crippen molar-refractivity contribution < 1.29 is 15.3 Å². The molecular weight excluding hydrogens is 661 g/mol. The third-order valence-electron chi connectivity index (χ3n) is 8.22.